The lowest BCUT2D eigenvalue weighted by Gasteiger charge is -2.15. The van der Waals surface area contributed by atoms with E-state index in [4.69, 9.17) is 0 Å². The molecule has 0 bridgehead atoms. The molecule has 0 atom stereocenters. The second-order valence-electron chi connectivity index (χ2n) is 7.32. The van der Waals surface area contributed by atoms with Crippen LogP contribution >= 0.6 is 11.3 Å². The quantitative estimate of drug-likeness (QED) is 0.408. The van der Waals surface area contributed by atoms with Crippen LogP contribution in [0.5, 0.6) is 0 Å². The minimum Gasteiger partial charge on any atom is -0.349 e. The van der Waals surface area contributed by atoms with Crippen molar-refractivity contribution in [3.8, 4) is 11.3 Å². The van der Waals surface area contributed by atoms with Crippen molar-refractivity contribution in [2.75, 3.05) is 11.4 Å². The molecule has 1 aliphatic carbocycles. The van der Waals surface area contributed by atoms with Gasteiger partial charge in [0.15, 0.2) is 5.13 Å². The van der Waals surface area contributed by atoms with Crippen molar-refractivity contribution in [3.05, 3.63) is 89.8 Å². The Balaban J connectivity index is 1.45. The van der Waals surface area contributed by atoms with Crippen molar-refractivity contribution >= 4 is 34.4 Å². The van der Waals surface area contributed by atoms with Crippen molar-refractivity contribution in [1.82, 2.24) is 10.3 Å². The normalized spacial score (nSPS) is 13.2. The Kier molecular flexibility index (Phi) is 6.38. The van der Waals surface area contributed by atoms with Gasteiger partial charge in [-0.15, -0.1) is 17.9 Å². The molecule has 1 aromatic heterocycles. The Bertz CT molecular complexity index is 1100. The van der Waals surface area contributed by atoms with Crippen LogP contribution in [0.25, 0.3) is 17.3 Å². The van der Waals surface area contributed by atoms with Crippen molar-refractivity contribution in [2.45, 2.75) is 18.9 Å². The summed E-state index contributed by atoms with van der Waals surface area (Å²) in [5.41, 5.74) is 3.32. The molecular weight excluding hydrogens is 406 g/mol. The number of nitrogens with zero attached hydrogens (tertiary/aromatic N) is 2. The Morgan fingerprint density at radius 1 is 1.13 bits per heavy atom. The molecule has 0 radical (unpaired) electrons. The first-order valence-electron chi connectivity index (χ1n) is 10.2. The zero-order chi connectivity index (χ0) is 21.6. The van der Waals surface area contributed by atoms with E-state index >= 15 is 0 Å². The predicted octanol–water partition coefficient (Wildman–Crippen LogP) is 4.93. The highest BCUT2D eigenvalue weighted by Gasteiger charge is 2.23. The fraction of sp³-hybridized carbons (Fsp3) is 0.160. The highest BCUT2D eigenvalue weighted by Crippen LogP contribution is 2.27. The molecule has 1 saturated carbocycles. The van der Waals surface area contributed by atoms with Crippen LogP contribution < -0.4 is 10.2 Å². The minimum atomic E-state index is -0.176. The topological polar surface area (TPSA) is 62.3 Å². The average Bonchev–Trinajstić information content (AvgIpc) is 3.48. The Morgan fingerprint density at radius 2 is 1.87 bits per heavy atom. The third kappa shape index (κ3) is 5.35. The van der Waals surface area contributed by atoms with Crippen LogP contribution in [-0.4, -0.2) is 29.4 Å². The first kappa shape index (κ1) is 20.8. The van der Waals surface area contributed by atoms with Crippen LogP contribution in [0.2, 0.25) is 0 Å². The number of benzene rings is 2. The third-order valence-corrected chi connectivity index (χ3v) is 5.74. The van der Waals surface area contributed by atoms with Gasteiger partial charge in [0.25, 0.3) is 11.8 Å². The fourth-order valence-electron chi connectivity index (χ4n) is 3.02. The number of nitrogens with one attached hydrogen (secondary N) is 1. The monoisotopic (exact) mass is 429 g/mol. The van der Waals surface area contributed by atoms with Gasteiger partial charge in [0.2, 0.25) is 0 Å². The number of aromatic nitrogens is 1. The second-order valence-corrected chi connectivity index (χ2v) is 8.16. The van der Waals surface area contributed by atoms with Gasteiger partial charge >= 0.3 is 0 Å². The van der Waals surface area contributed by atoms with Gasteiger partial charge < -0.3 is 5.32 Å². The Hall–Kier alpha value is -3.51. The van der Waals surface area contributed by atoms with Gasteiger partial charge in [-0.05, 0) is 36.6 Å². The van der Waals surface area contributed by atoms with Gasteiger partial charge in [-0.1, -0.05) is 48.5 Å². The standard InChI is InChI=1S/C25H23N3O2S/c1-2-16-28(25-27-22(17-31-25)19-6-4-3-5-7-19)23(29)15-10-18-8-11-20(12-9-18)24(30)26-21-13-14-21/h2-12,15,17,21H,1,13-14,16H2,(H,26,30)/b15-10+. The van der Waals surface area contributed by atoms with Crippen molar-refractivity contribution in [1.29, 1.82) is 0 Å². The molecule has 1 aliphatic rings. The lowest BCUT2D eigenvalue weighted by Crippen LogP contribution is -2.29. The lowest BCUT2D eigenvalue weighted by molar-refractivity contribution is -0.114. The molecule has 0 saturated heterocycles. The summed E-state index contributed by atoms with van der Waals surface area (Å²) in [4.78, 5) is 31.2. The van der Waals surface area contributed by atoms with Crippen LogP contribution in [0, 0.1) is 0 Å². The van der Waals surface area contributed by atoms with Crippen molar-refractivity contribution in [3.63, 3.8) is 0 Å². The van der Waals surface area contributed by atoms with Gasteiger partial charge in [-0.3, -0.25) is 14.5 Å². The molecule has 0 unspecified atom stereocenters. The summed E-state index contributed by atoms with van der Waals surface area (Å²) in [6.45, 7) is 4.13. The molecule has 2 amide bonds. The maximum Gasteiger partial charge on any atom is 0.253 e. The summed E-state index contributed by atoms with van der Waals surface area (Å²) in [6, 6.07) is 17.4. The number of hydrogen-bond donors (Lipinski definition) is 1. The number of carbonyl (C=O) groups is 2. The van der Waals surface area contributed by atoms with Crippen LogP contribution in [-0.2, 0) is 4.79 Å². The maximum atomic E-state index is 12.8. The van der Waals surface area contributed by atoms with Crippen LogP contribution in [0.1, 0.15) is 28.8 Å². The van der Waals surface area contributed by atoms with E-state index in [1.165, 1.54) is 17.4 Å². The van der Waals surface area contributed by atoms with Gasteiger partial charge in [0.1, 0.15) is 0 Å². The maximum absolute atomic E-state index is 12.8. The summed E-state index contributed by atoms with van der Waals surface area (Å²) in [6.07, 6.45) is 7.06. The number of hydrogen-bond acceptors (Lipinski definition) is 4. The molecule has 3 aromatic rings. The van der Waals surface area contributed by atoms with E-state index < -0.39 is 0 Å². The van der Waals surface area contributed by atoms with Crippen LogP contribution in [0.3, 0.4) is 0 Å². The van der Waals surface area contributed by atoms with E-state index in [1.54, 1.807) is 29.2 Å². The van der Waals surface area contributed by atoms with Gasteiger partial charge in [-0.2, -0.15) is 0 Å². The van der Waals surface area contributed by atoms with E-state index in [0.29, 0.717) is 23.3 Å². The molecule has 1 heterocycles. The molecular formula is C25H23N3O2S. The van der Waals surface area contributed by atoms with Gasteiger partial charge in [0.05, 0.1) is 5.69 Å². The highest BCUT2D eigenvalue weighted by molar-refractivity contribution is 7.14. The van der Waals surface area contributed by atoms with Crippen molar-refractivity contribution < 1.29 is 9.59 Å². The second kappa shape index (κ2) is 9.53. The summed E-state index contributed by atoms with van der Waals surface area (Å²) in [5, 5.41) is 5.54. The minimum absolute atomic E-state index is 0.0516. The summed E-state index contributed by atoms with van der Waals surface area (Å²) in [5.74, 6) is -0.228. The lowest BCUT2D eigenvalue weighted by atomic mass is 10.1. The molecule has 2 aromatic carbocycles. The van der Waals surface area contributed by atoms with E-state index in [9.17, 15) is 9.59 Å². The van der Waals surface area contributed by atoms with Crippen LogP contribution in [0.15, 0.2) is 78.7 Å². The van der Waals surface area contributed by atoms with Crippen LogP contribution in [0.4, 0.5) is 5.13 Å². The number of carbonyl (C=O) groups excluding carboxylic acids is 2. The zero-order valence-electron chi connectivity index (χ0n) is 17.0. The van der Waals surface area contributed by atoms with E-state index in [2.05, 4.69) is 16.9 Å². The fourth-order valence-corrected chi connectivity index (χ4v) is 3.87. The Morgan fingerprint density at radius 3 is 2.55 bits per heavy atom. The summed E-state index contributed by atoms with van der Waals surface area (Å²) >= 11 is 1.43. The Labute approximate surface area is 185 Å². The van der Waals surface area contributed by atoms with Gasteiger partial charge in [-0.25, -0.2) is 4.98 Å². The SMILES string of the molecule is C=CCN(C(=O)/C=C/c1ccc(C(=O)NC2CC2)cc1)c1nc(-c2ccccc2)cs1. The molecule has 4 rings (SSSR count). The van der Waals surface area contributed by atoms with Gasteiger partial charge in [0, 0.05) is 35.2 Å². The summed E-state index contributed by atoms with van der Waals surface area (Å²) in [7, 11) is 0. The van der Waals surface area contributed by atoms with E-state index in [1.807, 2.05) is 47.8 Å². The number of amides is 2. The highest BCUT2D eigenvalue weighted by atomic mass is 32.1. The number of thiazole rings is 1. The average molecular weight is 430 g/mol. The molecule has 5 nitrogen and oxygen atoms in total. The van der Waals surface area contributed by atoms with Crippen molar-refractivity contribution in [2.24, 2.45) is 0 Å². The van der Waals surface area contributed by atoms with E-state index in [0.717, 1.165) is 29.7 Å². The molecule has 0 aliphatic heterocycles. The summed E-state index contributed by atoms with van der Waals surface area (Å²) < 4.78 is 0. The number of rotatable bonds is 8. The zero-order valence-corrected chi connectivity index (χ0v) is 17.8. The van der Waals surface area contributed by atoms with E-state index in [-0.39, 0.29) is 11.8 Å². The molecule has 156 valence electrons. The molecule has 1 N–H and O–H groups in total. The first-order chi connectivity index (χ1) is 15.1. The molecule has 0 spiro atoms. The molecule has 31 heavy (non-hydrogen) atoms. The first-order valence-corrected chi connectivity index (χ1v) is 11.0. The largest absolute Gasteiger partial charge is 0.349 e. The number of anilines is 1. The smallest absolute Gasteiger partial charge is 0.253 e. The third-order valence-electron chi connectivity index (χ3n) is 4.87. The predicted molar refractivity (Wildman–Crippen MR) is 126 cm³/mol. The molecule has 6 heteroatoms. The molecule has 1 fully saturated rings.